The SMILES string of the molecule is NCC(CCCc1ccccc1)c1cccc2ccccc12. The summed E-state index contributed by atoms with van der Waals surface area (Å²) in [5, 5.41) is 2.65. The van der Waals surface area contributed by atoms with E-state index in [4.69, 9.17) is 5.73 Å². The van der Waals surface area contributed by atoms with Gasteiger partial charge in [0, 0.05) is 0 Å². The van der Waals surface area contributed by atoms with Gasteiger partial charge in [0.2, 0.25) is 0 Å². The molecule has 1 heteroatoms. The van der Waals surface area contributed by atoms with Crippen molar-refractivity contribution in [1.82, 2.24) is 0 Å². The smallest absolute Gasteiger partial charge is 0.000801 e. The first-order valence-corrected chi connectivity index (χ1v) is 8.10. The van der Waals surface area contributed by atoms with E-state index in [0.717, 1.165) is 12.8 Å². The zero-order valence-corrected chi connectivity index (χ0v) is 12.9. The number of fused-ring (bicyclic) bond motifs is 1. The first-order valence-electron chi connectivity index (χ1n) is 8.10. The van der Waals surface area contributed by atoms with Crippen molar-refractivity contribution in [3.05, 3.63) is 83.9 Å². The molecule has 0 amide bonds. The van der Waals surface area contributed by atoms with Gasteiger partial charge >= 0.3 is 0 Å². The van der Waals surface area contributed by atoms with Crippen LogP contribution in [0.4, 0.5) is 0 Å². The van der Waals surface area contributed by atoms with E-state index in [2.05, 4.69) is 72.8 Å². The molecular formula is C21H23N. The number of nitrogens with two attached hydrogens (primary N) is 1. The molecule has 0 aliphatic carbocycles. The van der Waals surface area contributed by atoms with Crippen LogP contribution in [0.15, 0.2) is 72.8 Å². The fourth-order valence-electron chi connectivity index (χ4n) is 3.20. The number of hydrogen-bond donors (Lipinski definition) is 1. The van der Waals surface area contributed by atoms with Crippen LogP contribution in [0.2, 0.25) is 0 Å². The van der Waals surface area contributed by atoms with Gasteiger partial charge in [0.1, 0.15) is 0 Å². The van der Waals surface area contributed by atoms with Crippen molar-refractivity contribution in [2.45, 2.75) is 25.2 Å². The quantitative estimate of drug-likeness (QED) is 0.686. The predicted molar refractivity (Wildman–Crippen MR) is 95.1 cm³/mol. The second kappa shape index (κ2) is 7.24. The molecule has 1 unspecified atom stereocenters. The fourth-order valence-corrected chi connectivity index (χ4v) is 3.20. The Hall–Kier alpha value is -2.12. The van der Waals surface area contributed by atoms with Crippen molar-refractivity contribution in [2.24, 2.45) is 5.73 Å². The molecule has 0 aromatic heterocycles. The van der Waals surface area contributed by atoms with Crippen molar-refractivity contribution in [3.8, 4) is 0 Å². The summed E-state index contributed by atoms with van der Waals surface area (Å²) >= 11 is 0. The Labute approximate surface area is 132 Å². The minimum Gasteiger partial charge on any atom is -0.330 e. The molecule has 0 radical (unpaired) electrons. The normalized spacial score (nSPS) is 12.4. The van der Waals surface area contributed by atoms with Crippen LogP contribution in [0.25, 0.3) is 10.8 Å². The molecule has 1 nitrogen and oxygen atoms in total. The van der Waals surface area contributed by atoms with Gasteiger partial charge in [0.25, 0.3) is 0 Å². The first kappa shape index (κ1) is 14.8. The van der Waals surface area contributed by atoms with Crippen LogP contribution < -0.4 is 5.73 Å². The number of benzene rings is 3. The molecule has 3 aromatic carbocycles. The zero-order chi connectivity index (χ0) is 15.2. The maximum absolute atomic E-state index is 6.08. The number of rotatable bonds is 6. The van der Waals surface area contributed by atoms with Crippen LogP contribution >= 0.6 is 0 Å². The summed E-state index contributed by atoms with van der Waals surface area (Å²) < 4.78 is 0. The summed E-state index contributed by atoms with van der Waals surface area (Å²) in [4.78, 5) is 0. The largest absolute Gasteiger partial charge is 0.330 e. The summed E-state index contributed by atoms with van der Waals surface area (Å²) in [6.45, 7) is 0.711. The number of hydrogen-bond acceptors (Lipinski definition) is 1. The van der Waals surface area contributed by atoms with Crippen LogP contribution in [0.5, 0.6) is 0 Å². The highest BCUT2D eigenvalue weighted by molar-refractivity contribution is 5.86. The molecule has 0 fully saturated rings. The fraction of sp³-hybridized carbons (Fsp3) is 0.238. The minimum absolute atomic E-state index is 0.440. The minimum atomic E-state index is 0.440. The molecule has 2 N–H and O–H groups in total. The van der Waals surface area contributed by atoms with Crippen molar-refractivity contribution < 1.29 is 0 Å². The molecule has 0 bridgehead atoms. The molecule has 1 atom stereocenters. The summed E-state index contributed by atoms with van der Waals surface area (Å²) in [6, 6.07) is 25.9. The Morgan fingerprint density at radius 1 is 0.773 bits per heavy atom. The standard InChI is InChI=1S/C21H23N/c22-16-19(13-6-10-17-8-2-1-3-9-17)21-15-7-12-18-11-4-5-14-20(18)21/h1-5,7-9,11-12,14-15,19H,6,10,13,16,22H2. The average molecular weight is 289 g/mol. The average Bonchev–Trinajstić information content (AvgIpc) is 2.59. The molecule has 22 heavy (non-hydrogen) atoms. The molecule has 0 saturated heterocycles. The highest BCUT2D eigenvalue weighted by Gasteiger charge is 2.12. The van der Waals surface area contributed by atoms with Gasteiger partial charge in [-0.2, -0.15) is 0 Å². The summed E-state index contributed by atoms with van der Waals surface area (Å²) in [7, 11) is 0. The Kier molecular flexibility index (Phi) is 4.87. The van der Waals surface area contributed by atoms with E-state index in [1.807, 2.05) is 0 Å². The lowest BCUT2D eigenvalue weighted by Gasteiger charge is -2.17. The van der Waals surface area contributed by atoms with Gasteiger partial charge in [-0.1, -0.05) is 72.8 Å². The third-order valence-corrected chi connectivity index (χ3v) is 4.41. The van der Waals surface area contributed by atoms with Crippen LogP contribution in [-0.2, 0) is 6.42 Å². The highest BCUT2D eigenvalue weighted by atomic mass is 14.5. The van der Waals surface area contributed by atoms with Crippen LogP contribution in [0, 0.1) is 0 Å². The first-order chi connectivity index (χ1) is 10.9. The second-order valence-corrected chi connectivity index (χ2v) is 5.88. The Morgan fingerprint density at radius 2 is 1.50 bits per heavy atom. The topological polar surface area (TPSA) is 26.0 Å². The highest BCUT2D eigenvalue weighted by Crippen LogP contribution is 2.28. The van der Waals surface area contributed by atoms with Gasteiger partial charge in [-0.15, -0.1) is 0 Å². The molecule has 0 heterocycles. The van der Waals surface area contributed by atoms with E-state index in [0.29, 0.717) is 12.5 Å². The van der Waals surface area contributed by atoms with Gasteiger partial charge in [0.05, 0.1) is 0 Å². The maximum Gasteiger partial charge on any atom is -0.000801 e. The number of aryl methyl sites for hydroxylation is 1. The molecule has 0 aliphatic rings. The van der Waals surface area contributed by atoms with Crippen LogP contribution in [0.3, 0.4) is 0 Å². The van der Waals surface area contributed by atoms with Crippen molar-refractivity contribution in [1.29, 1.82) is 0 Å². The van der Waals surface area contributed by atoms with Crippen LogP contribution in [-0.4, -0.2) is 6.54 Å². The third kappa shape index (κ3) is 3.37. The zero-order valence-electron chi connectivity index (χ0n) is 12.9. The molecule has 3 aromatic rings. The van der Waals surface area contributed by atoms with E-state index in [-0.39, 0.29) is 0 Å². The van der Waals surface area contributed by atoms with Crippen molar-refractivity contribution in [2.75, 3.05) is 6.54 Å². The second-order valence-electron chi connectivity index (χ2n) is 5.88. The Bertz CT molecular complexity index is 713. The monoisotopic (exact) mass is 289 g/mol. The summed E-state index contributed by atoms with van der Waals surface area (Å²) in [6.07, 6.45) is 3.44. The van der Waals surface area contributed by atoms with Crippen molar-refractivity contribution in [3.63, 3.8) is 0 Å². The molecule has 0 saturated carbocycles. The molecule has 112 valence electrons. The van der Waals surface area contributed by atoms with E-state index < -0.39 is 0 Å². The molecule has 0 aliphatic heterocycles. The van der Waals surface area contributed by atoms with Gasteiger partial charge in [-0.05, 0) is 53.6 Å². The van der Waals surface area contributed by atoms with E-state index in [1.54, 1.807) is 0 Å². The molecule has 0 spiro atoms. The predicted octanol–water partition coefficient (Wildman–Crippen LogP) is 4.91. The van der Waals surface area contributed by atoms with E-state index >= 15 is 0 Å². The van der Waals surface area contributed by atoms with Gasteiger partial charge in [-0.3, -0.25) is 0 Å². The van der Waals surface area contributed by atoms with Crippen LogP contribution in [0.1, 0.15) is 29.9 Å². The van der Waals surface area contributed by atoms with E-state index in [1.165, 1.54) is 28.3 Å². The van der Waals surface area contributed by atoms with Gasteiger partial charge < -0.3 is 5.73 Å². The van der Waals surface area contributed by atoms with Gasteiger partial charge in [0.15, 0.2) is 0 Å². The molecular weight excluding hydrogens is 266 g/mol. The maximum atomic E-state index is 6.08. The Morgan fingerprint density at radius 3 is 2.32 bits per heavy atom. The Balaban J connectivity index is 1.73. The lowest BCUT2D eigenvalue weighted by Crippen LogP contribution is -2.13. The van der Waals surface area contributed by atoms with E-state index in [9.17, 15) is 0 Å². The van der Waals surface area contributed by atoms with Gasteiger partial charge in [-0.25, -0.2) is 0 Å². The van der Waals surface area contributed by atoms with Crippen molar-refractivity contribution >= 4 is 10.8 Å². The summed E-state index contributed by atoms with van der Waals surface area (Å²) in [5.41, 5.74) is 8.89. The third-order valence-electron chi connectivity index (χ3n) is 4.41. The summed E-state index contributed by atoms with van der Waals surface area (Å²) in [5.74, 6) is 0.440. The lowest BCUT2D eigenvalue weighted by atomic mass is 9.89. The molecule has 3 rings (SSSR count). The lowest BCUT2D eigenvalue weighted by molar-refractivity contribution is 0.602.